The molecule has 3 heterocycles. The Morgan fingerprint density at radius 3 is 2.70 bits per heavy atom. The van der Waals surface area contributed by atoms with Gasteiger partial charge >= 0.3 is 0 Å². The summed E-state index contributed by atoms with van der Waals surface area (Å²) in [5.74, 6) is 1.89. The molecule has 5 rings (SSSR count). The zero-order valence-corrected chi connectivity index (χ0v) is 21.7. The summed E-state index contributed by atoms with van der Waals surface area (Å²) in [6, 6.07) is 17.1. The third-order valence-electron chi connectivity index (χ3n) is 7.11. The zero-order chi connectivity index (χ0) is 25.8. The van der Waals surface area contributed by atoms with Gasteiger partial charge in [0.1, 0.15) is 18.1 Å². The molecule has 2 aliphatic heterocycles. The van der Waals surface area contributed by atoms with Gasteiger partial charge in [-0.3, -0.25) is 4.79 Å². The molecule has 0 saturated carbocycles. The number of hydrogen-bond acceptors (Lipinski definition) is 6. The third-order valence-corrected chi connectivity index (χ3v) is 7.36. The van der Waals surface area contributed by atoms with E-state index in [-0.39, 0.29) is 12.4 Å². The van der Waals surface area contributed by atoms with Crippen molar-refractivity contribution in [3.63, 3.8) is 0 Å². The van der Waals surface area contributed by atoms with Gasteiger partial charge in [0, 0.05) is 48.4 Å². The summed E-state index contributed by atoms with van der Waals surface area (Å²) >= 11 is 6.02. The number of carbonyl (C=O) groups excluding carboxylic acids is 1. The molecule has 0 radical (unpaired) electrons. The van der Waals surface area contributed by atoms with Crippen LogP contribution >= 0.6 is 11.6 Å². The lowest BCUT2D eigenvalue weighted by Gasteiger charge is -2.38. The van der Waals surface area contributed by atoms with E-state index in [1.807, 2.05) is 54.6 Å². The molecule has 1 N–H and O–H groups in total. The first-order valence-corrected chi connectivity index (χ1v) is 13.1. The van der Waals surface area contributed by atoms with E-state index in [1.54, 1.807) is 6.20 Å². The number of benzene rings is 2. The summed E-state index contributed by atoms with van der Waals surface area (Å²) in [6.45, 7) is 4.09. The van der Waals surface area contributed by atoms with Gasteiger partial charge in [0.05, 0.1) is 5.60 Å². The van der Waals surface area contributed by atoms with Crippen molar-refractivity contribution in [3.05, 3.63) is 88.6 Å². The van der Waals surface area contributed by atoms with Crippen LogP contribution in [0.3, 0.4) is 0 Å². The number of ketones is 1. The molecule has 2 aliphatic rings. The van der Waals surface area contributed by atoms with Crippen molar-refractivity contribution in [2.45, 2.75) is 38.2 Å². The number of nitrogens with zero attached hydrogens (tertiary/aromatic N) is 2. The average Bonchev–Trinajstić information content (AvgIpc) is 3.06. The summed E-state index contributed by atoms with van der Waals surface area (Å²) in [7, 11) is 0. The van der Waals surface area contributed by atoms with Crippen LogP contribution in [0, 0.1) is 0 Å². The average molecular weight is 519 g/mol. The van der Waals surface area contributed by atoms with E-state index >= 15 is 0 Å². The van der Waals surface area contributed by atoms with Crippen LogP contribution in [0.5, 0.6) is 17.4 Å². The Kier molecular flexibility index (Phi) is 7.60. The summed E-state index contributed by atoms with van der Waals surface area (Å²) in [4.78, 5) is 18.4. The van der Waals surface area contributed by atoms with Crippen molar-refractivity contribution < 1.29 is 19.4 Å². The van der Waals surface area contributed by atoms with Crippen LogP contribution in [-0.2, 0) is 16.8 Å². The topological polar surface area (TPSA) is 71.9 Å². The van der Waals surface area contributed by atoms with Gasteiger partial charge in [0.15, 0.2) is 5.78 Å². The largest absolute Gasteiger partial charge is 0.485 e. The highest BCUT2D eigenvalue weighted by atomic mass is 35.5. The molecule has 7 heteroatoms. The van der Waals surface area contributed by atoms with Gasteiger partial charge in [-0.25, -0.2) is 4.98 Å². The van der Waals surface area contributed by atoms with Crippen LogP contribution in [0.1, 0.15) is 42.9 Å². The maximum atomic E-state index is 11.5. The molecule has 0 spiro atoms. The van der Waals surface area contributed by atoms with E-state index in [0.717, 1.165) is 48.3 Å². The number of aliphatic hydroxyl groups is 1. The molecule has 0 atom stereocenters. The summed E-state index contributed by atoms with van der Waals surface area (Å²) < 4.78 is 12.0. The van der Waals surface area contributed by atoms with Gasteiger partial charge in [-0.15, -0.1) is 0 Å². The second-order valence-corrected chi connectivity index (χ2v) is 10.2. The summed E-state index contributed by atoms with van der Waals surface area (Å²) in [5, 5.41) is 11.9. The number of aromatic nitrogens is 1. The van der Waals surface area contributed by atoms with Crippen LogP contribution in [0.2, 0.25) is 5.02 Å². The molecule has 37 heavy (non-hydrogen) atoms. The Morgan fingerprint density at radius 1 is 1.16 bits per heavy atom. The maximum absolute atomic E-state index is 11.5. The van der Waals surface area contributed by atoms with Crippen molar-refractivity contribution in [2.24, 2.45) is 0 Å². The van der Waals surface area contributed by atoms with Crippen molar-refractivity contribution in [2.75, 3.05) is 26.2 Å². The van der Waals surface area contributed by atoms with Gasteiger partial charge < -0.3 is 19.5 Å². The zero-order valence-electron chi connectivity index (χ0n) is 21.0. The number of fused-ring (bicyclic) bond motifs is 2. The lowest BCUT2D eigenvalue weighted by atomic mass is 9.84. The molecule has 0 amide bonds. The minimum atomic E-state index is -0.803. The molecule has 0 aliphatic carbocycles. The van der Waals surface area contributed by atoms with Gasteiger partial charge in [-0.1, -0.05) is 35.9 Å². The minimum Gasteiger partial charge on any atom is -0.485 e. The Hall–Kier alpha value is -3.19. The minimum absolute atomic E-state index is 0.0258. The van der Waals surface area contributed by atoms with Crippen molar-refractivity contribution >= 4 is 23.0 Å². The fourth-order valence-corrected chi connectivity index (χ4v) is 5.16. The van der Waals surface area contributed by atoms with E-state index in [1.165, 1.54) is 6.92 Å². The van der Waals surface area contributed by atoms with E-state index in [9.17, 15) is 9.90 Å². The van der Waals surface area contributed by atoms with E-state index in [2.05, 4.69) is 16.0 Å². The number of halogens is 1. The Balaban J connectivity index is 1.29. The van der Waals surface area contributed by atoms with Crippen LogP contribution in [0.25, 0.3) is 5.57 Å². The summed E-state index contributed by atoms with van der Waals surface area (Å²) in [5.41, 5.74) is 3.13. The predicted octanol–water partition coefficient (Wildman–Crippen LogP) is 5.81. The molecule has 0 unspecified atom stereocenters. The number of allylic oxidation sites excluding steroid dienone is 1. The number of hydrogen-bond donors (Lipinski definition) is 1. The third kappa shape index (κ3) is 5.87. The lowest BCUT2D eigenvalue weighted by molar-refractivity contribution is -0.118. The van der Waals surface area contributed by atoms with Crippen LogP contribution in [-0.4, -0.2) is 47.0 Å². The highest BCUT2D eigenvalue weighted by Crippen LogP contribution is 2.41. The van der Waals surface area contributed by atoms with Crippen molar-refractivity contribution in [1.82, 2.24) is 9.88 Å². The molecule has 2 aromatic carbocycles. The fraction of sp³-hybridized carbons (Fsp3) is 0.333. The van der Waals surface area contributed by atoms with Gasteiger partial charge in [0.2, 0.25) is 5.88 Å². The molecule has 192 valence electrons. The van der Waals surface area contributed by atoms with Gasteiger partial charge in [-0.05, 0) is 73.7 Å². The highest BCUT2D eigenvalue weighted by molar-refractivity contribution is 6.30. The number of likely N-dealkylation sites (tertiary alicyclic amines) is 1. The molecule has 1 aromatic heterocycles. The smallest absolute Gasteiger partial charge is 0.226 e. The molecule has 1 fully saturated rings. The van der Waals surface area contributed by atoms with Gasteiger partial charge in [0.25, 0.3) is 0 Å². The Morgan fingerprint density at radius 2 is 1.95 bits per heavy atom. The Labute approximate surface area is 222 Å². The molecule has 6 nitrogen and oxygen atoms in total. The molecule has 0 bridgehead atoms. The number of ether oxygens (including phenoxy) is 2. The number of carbonyl (C=O) groups is 1. The first-order valence-electron chi connectivity index (χ1n) is 12.7. The molecular formula is C30H31ClN2O4. The predicted molar refractivity (Wildman–Crippen MR) is 144 cm³/mol. The number of piperidine rings is 1. The number of rotatable bonds is 7. The van der Waals surface area contributed by atoms with Crippen LogP contribution in [0.4, 0.5) is 0 Å². The first kappa shape index (κ1) is 25.5. The Bertz CT molecular complexity index is 1300. The van der Waals surface area contributed by atoms with E-state index in [0.29, 0.717) is 41.7 Å². The lowest BCUT2D eigenvalue weighted by Crippen LogP contribution is -2.42. The molecule has 1 saturated heterocycles. The normalized spacial score (nSPS) is 17.9. The standard InChI is InChI=1S/C30H31ClN2O4/c1-21(34)20-36-27-7-2-8-28-26(27)19-22(25-6-3-15-32-29(25)37-28)5-4-16-33-17-13-30(35,14-18-33)23-9-11-24(31)12-10-23/h2-3,5-12,15,35H,4,13-14,16-20H2,1H3. The second-order valence-electron chi connectivity index (χ2n) is 9.76. The molecular weight excluding hydrogens is 488 g/mol. The second kappa shape index (κ2) is 11.1. The monoisotopic (exact) mass is 518 g/mol. The van der Waals surface area contributed by atoms with Crippen LogP contribution < -0.4 is 9.47 Å². The highest BCUT2D eigenvalue weighted by Gasteiger charge is 2.33. The quantitative estimate of drug-likeness (QED) is 0.425. The van der Waals surface area contributed by atoms with Gasteiger partial charge in [-0.2, -0.15) is 0 Å². The van der Waals surface area contributed by atoms with Crippen LogP contribution in [0.15, 0.2) is 66.9 Å². The number of Topliss-reactive ketones (excluding diaryl/α,β-unsaturated/α-hetero) is 1. The fourth-order valence-electron chi connectivity index (χ4n) is 5.04. The van der Waals surface area contributed by atoms with Crippen molar-refractivity contribution in [1.29, 1.82) is 0 Å². The first-order chi connectivity index (χ1) is 17.9. The van der Waals surface area contributed by atoms with Crippen molar-refractivity contribution in [3.8, 4) is 17.4 Å². The number of pyridine rings is 1. The maximum Gasteiger partial charge on any atom is 0.226 e. The SMILES string of the molecule is CC(=O)COc1cccc2c1CC(=CCCN1CCC(O)(c3ccc(Cl)cc3)CC1)c1cccnc1O2. The summed E-state index contributed by atoms with van der Waals surface area (Å²) in [6.07, 6.45) is 6.84. The van der Waals surface area contributed by atoms with E-state index in [4.69, 9.17) is 21.1 Å². The molecule has 3 aromatic rings. The van der Waals surface area contributed by atoms with E-state index < -0.39 is 5.60 Å².